The molecule has 0 aliphatic carbocycles. The Morgan fingerprint density at radius 3 is 2.58 bits per heavy atom. The molecule has 158 valence electrons. The van der Waals surface area contributed by atoms with E-state index in [1.54, 1.807) is 36.7 Å². The van der Waals surface area contributed by atoms with Crippen molar-refractivity contribution in [2.24, 2.45) is 0 Å². The zero-order chi connectivity index (χ0) is 22.0. The fourth-order valence-corrected chi connectivity index (χ4v) is 3.63. The summed E-state index contributed by atoms with van der Waals surface area (Å²) >= 11 is 0. The second-order valence-electron chi connectivity index (χ2n) is 6.90. The van der Waals surface area contributed by atoms with Crippen molar-refractivity contribution in [1.82, 2.24) is 4.90 Å². The highest BCUT2D eigenvalue weighted by molar-refractivity contribution is 6.46. The first-order chi connectivity index (χ1) is 15.0. The Bertz CT molecular complexity index is 1140. The van der Waals surface area contributed by atoms with Crippen molar-refractivity contribution in [3.8, 4) is 11.5 Å². The number of ether oxygens (including phenoxy) is 2. The normalized spacial score (nSPS) is 17.7. The zero-order valence-electron chi connectivity index (χ0n) is 17.0. The van der Waals surface area contributed by atoms with Gasteiger partial charge in [-0.15, -0.1) is 0 Å². The summed E-state index contributed by atoms with van der Waals surface area (Å²) in [6.45, 7) is 0.135. The highest BCUT2D eigenvalue weighted by atomic mass is 16.5. The van der Waals surface area contributed by atoms with Crippen LogP contribution in [0.1, 0.15) is 22.9 Å². The average molecular weight is 420 g/mol. The lowest BCUT2D eigenvalue weighted by molar-refractivity contribution is -0.378. The van der Waals surface area contributed by atoms with Gasteiger partial charge < -0.3 is 23.9 Å². The van der Waals surface area contributed by atoms with E-state index in [0.29, 0.717) is 17.3 Å². The van der Waals surface area contributed by atoms with Crippen molar-refractivity contribution in [2.45, 2.75) is 12.6 Å². The van der Waals surface area contributed by atoms with Crippen LogP contribution in [0.3, 0.4) is 0 Å². The Morgan fingerprint density at radius 2 is 1.94 bits per heavy atom. The molecule has 1 fully saturated rings. The molecule has 1 aliphatic rings. The first kappa shape index (κ1) is 20.2. The van der Waals surface area contributed by atoms with Crippen LogP contribution in [0.5, 0.6) is 11.5 Å². The number of nitrogens with one attached hydrogen (secondary N) is 1. The number of carbonyl (C=O) groups is 2. The predicted molar refractivity (Wildman–Crippen MR) is 106 cm³/mol. The Morgan fingerprint density at radius 1 is 1.13 bits per heavy atom. The second-order valence-corrected chi connectivity index (χ2v) is 6.90. The fourth-order valence-electron chi connectivity index (χ4n) is 3.63. The second kappa shape index (κ2) is 8.35. The third-order valence-corrected chi connectivity index (χ3v) is 5.11. The number of aromatic amines is 1. The van der Waals surface area contributed by atoms with E-state index in [1.807, 2.05) is 6.07 Å². The molecule has 1 saturated heterocycles. The van der Waals surface area contributed by atoms with E-state index in [0.717, 1.165) is 5.56 Å². The molecule has 3 aromatic rings. The molecule has 31 heavy (non-hydrogen) atoms. The van der Waals surface area contributed by atoms with Crippen molar-refractivity contribution >= 4 is 17.4 Å². The number of hydrogen-bond acceptors (Lipinski definition) is 6. The van der Waals surface area contributed by atoms with Gasteiger partial charge in [0.15, 0.2) is 23.9 Å². The van der Waals surface area contributed by atoms with Gasteiger partial charge in [0.1, 0.15) is 11.8 Å². The van der Waals surface area contributed by atoms with Gasteiger partial charge >= 0.3 is 0 Å². The Labute approximate surface area is 178 Å². The first-order valence-corrected chi connectivity index (χ1v) is 9.52. The van der Waals surface area contributed by atoms with Gasteiger partial charge in [0.2, 0.25) is 5.78 Å². The van der Waals surface area contributed by atoms with Gasteiger partial charge in [0.05, 0.1) is 27.0 Å². The molecular formula is C23H20N2O6. The van der Waals surface area contributed by atoms with Crippen molar-refractivity contribution in [3.05, 3.63) is 83.6 Å². The number of hydrogen-bond donors (Lipinski definition) is 0. The van der Waals surface area contributed by atoms with Crippen LogP contribution < -0.4 is 19.6 Å². The highest BCUT2D eigenvalue weighted by Crippen LogP contribution is 2.40. The molecule has 1 aromatic carbocycles. The van der Waals surface area contributed by atoms with Crippen LogP contribution in [0.25, 0.3) is 5.76 Å². The molecule has 0 radical (unpaired) electrons. The van der Waals surface area contributed by atoms with Gasteiger partial charge in [-0.1, -0.05) is 11.8 Å². The summed E-state index contributed by atoms with van der Waals surface area (Å²) in [6, 6.07) is 10.6. The summed E-state index contributed by atoms with van der Waals surface area (Å²) in [7, 11) is 2.94. The molecule has 0 spiro atoms. The predicted octanol–water partition coefficient (Wildman–Crippen LogP) is 1.54. The summed E-state index contributed by atoms with van der Waals surface area (Å²) < 4.78 is 16.0. The van der Waals surface area contributed by atoms with Gasteiger partial charge in [0.25, 0.3) is 5.91 Å². The summed E-state index contributed by atoms with van der Waals surface area (Å²) in [5.74, 6) is -1.04. The van der Waals surface area contributed by atoms with Crippen molar-refractivity contribution in [2.75, 3.05) is 14.2 Å². The first-order valence-electron chi connectivity index (χ1n) is 9.52. The van der Waals surface area contributed by atoms with Crippen molar-refractivity contribution in [3.63, 3.8) is 0 Å². The number of Topliss-reactive ketones (excluding diaryl/α,β-unsaturated/α-hetero) is 1. The minimum atomic E-state index is -0.934. The number of carbonyl (C=O) groups excluding carboxylic acids is 2. The van der Waals surface area contributed by atoms with E-state index in [9.17, 15) is 14.7 Å². The minimum absolute atomic E-state index is 0.135. The number of ketones is 1. The minimum Gasteiger partial charge on any atom is -0.872 e. The van der Waals surface area contributed by atoms with Crippen LogP contribution in [-0.4, -0.2) is 30.8 Å². The number of methoxy groups -OCH3 is 2. The summed E-state index contributed by atoms with van der Waals surface area (Å²) in [5, 5.41) is 13.4. The van der Waals surface area contributed by atoms with E-state index in [4.69, 9.17) is 13.9 Å². The van der Waals surface area contributed by atoms with Crippen molar-refractivity contribution < 1.29 is 33.6 Å². The zero-order valence-corrected chi connectivity index (χ0v) is 17.0. The summed E-state index contributed by atoms with van der Waals surface area (Å²) in [4.78, 5) is 30.1. The number of amides is 1. The number of nitrogens with zero attached hydrogens (tertiary/aromatic N) is 1. The molecule has 4 rings (SSSR count). The van der Waals surface area contributed by atoms with E-state index in [1.165, 1.54) is 37.5 Å². The lowest BCUT2D eigenvalue weighted by Crippen LogP contribution is -2.29. The number of H-pyrrole nitrogens is 1. The van der Waals surface area contributed by atoms with Crippen LogP contribution in [0.15, 0.2) is 71.1 Å². The number of furan rings is 1. The lowest BCUT2D eigenvalue weighted by Gasteiger charge is -2.25. The molecule has 1 aliphatic heterocycles. The van der Waals surface area contributed by atoms with E-state index in [-0.39, 0.29) is 17.7 Å². The Balaban J connectivity index is 1.83. The van der Waals surface area contributed by atoms with Crippen LogP contribution >= 0.6 is 0 Å². The lowest BCUT2D eigenvalue weighted by atomic mass is 9.99. The number of pyridine rings is 1. The number of likely N-dealkylation sites (tertiary alicyclic amines) is 1. The molecule has 1 N–H and O–H groups in total. The van der Waals surface area contributed by atoms with E-state index in [2.05, 4.69) is 4.98 Å². The fraction of sp³-hybridized carbons (Fsp3) is 0.174. The van der Waals surface area contributed by atoms with E-state index >= 15 is 0 Å². The molecule has 1 atom stereocenters. The number of rotatable bonds is 6. The van der Waals surface area contributed by atoms with Gasteiger partial charge in [-0.05, 0) is 35.9 Å². The molecular weight excluding hydrogens is 400 g/mol. The Kier molecular flexibility index (Phi) is 5.44. The van der Waals surface area contributed by atoms with Crippen LogP contribution in [0, 0.1) is 0 Å². The Hall–Kier alpha value is -4.07. The molecule has 1 unspecified atom stereocenters. The van der Waals surface area contributed by atoms with Gasteiger partial charge in [-0.3, -0.25) is 9.59 Å². The topological polar surface area (TPSA) is 106 Å². The van der Waals surface area contributed by atoms with E-state index < -0.39 is 23.5 Å². The van der Waals surface area contributed by atoms with Crippen LogP contribution in [-0.2, 0) is 16.1 Å². The monoisotopic (exact) mass is 420 g/mol. The summed E-state index contributed by atoms with van der Waals surface area (Å²) in [5.41, 5.74) is 0.826. The van der Waals surface area contributed by atoms with Crippen LogP contribution in [0.4, 0.5) is 0 Å². The number of benzene rings is 1. The molecule has 8 nitrogen and oxygen atoms in total. The molecule has 2 aromatic heterocycles. The highest BCUT2D eigenvalue weighted by Gasteiger charge is 2.45. The van der Waals surface area contributed by atoms with Crippen LogP contribution in [0.2, 0.25) is 0 Å². The maximum Gasteiger partial charge on any atom is 0.295 e. The SMILES string of the molecule is COc1ccc(C([O-])=C2C(=O)C(=O)N(Cc3ccc[nH+]c3)C2c2ccco2)cc1OC. The van der Waals surface area contributed by atoms with Crippen molar-refractivity contribution in [1.29, 1.82) is 0 Å². The largest absolute Gasteiger partial charge is 0.872 e. The summed E-state index contributed by atoms with van der Waals surface area (Å²) in [6.07, 6.45) is 4.91. The van der Waals surface area contributed by atoms with Gasteiger partial charge in [-0.25, -0.2) is 4.98 Å². The third-order valence-electron chi connectivity index (χ3n) is 5.11. The number of aromatic nitrogens is 1. The third kappa shape index (κ3) is 3.63. The molecule has 3 heterocycles. The molecule has 0 bridgehead atoms. The molecule has 8 heteroatoms. The maximum absolute atomic E-state index is 13.4. The standard InChI is InChI=1S/C23H20N2O6/c1-29-16-8-7-15(11-18(16)30-2)21(26)19-20(17-6-4-10-31-17)25(23(28)22(19)27)13-14-5-3-9-24-12-14/h3-12,20,26H,13H2,1-2H3. The molecule has 0 saturated carbocycles. The smallest absolute Gasteiger partial charge is 0.295 e. The van der Waals surface area contributed by atoms with Gasteiger partial charge in [-0.2, -0.15) is 0 Å². The maximum atomic E-state index is 13.4. The van der Waals surface area contributed by atoms with Gasteiger partial charge in [0, 0.05) is 17.2 Å². The quantitative estimate of drug-likeness (QED) is 0.340. The molecule has 1 amide bonds. The average Bonchev–Trinajstić information content (AvgIpc) is 3.41.